The Labute approximate surface area is 165 Å². The normalized spacial score (nSPS) is 16.1. The molecule has 1 saturated carbocycles. The van der Waals surface area contributed by atoms with Crippen LogP contribution in [-0.4, -0.2) is 46.6 Å². The fourth-order valence-corrected chi connectivity index (χ4v) is 3.86. The Balaban J connectivity index is 2.01. The number of esters is 1. The third kappa shape index (κ3) is 5.80. The monoisotopic (exact) mass is 410 g/mol. The quantitative estimate of drug-likeness (QED) is 0.498. The number of sulfonamides is 1. The molecule has 1 atom stereocenters. The van der Waals surface area contributed by atoms with E-state index in [9.17, 15) is 18.0 Å². The van der Waals surface area contributed by atoms with Gasteiger partial charge in [0.2, 0.25) is 10.0 Å². The Morgan fingerprint density at radius 1 is 1.25 bits per heavy atom. The Hall–Kier alpha value is -2.39. The number of methoxy groups -OCH3 is 1. The number of ether oxygens (including phenoxy) is 2. The van der Waals surface area contributed by atoms with Crippen molar-refractivity contribution in [1.29, 1.82) is 0 Å². The zero-order chi connectivity index (χ0) is 20.7. The summed E-state index contributed by atoms with van der Waals surface area (Å²) in [6.07, 6.45) is 5.73. The summed E-state index contributed by atoms with van der Waals surface area (Å²) in [6, 6.07) is 4.63. The van der Waals surface area contributed by atoms with Crippen LogP contribution in [0.5, 0.6) is 5.75 Å². The molecule has 0 saturated heterocycles. The van der Waals surface area contributed by atoms with Crippen molar-refractivity contribution in [2.24, 2.45) is 0 Å². The average molecular weight is 410 g/mol. The van der Waals surface area contributed by atoms with Crippen LogP contribution in [0.3, 0.4) is 0 Å². The summed E-state index contributed by atoms with van der Waals surface area (Å²) < 4.78 is 36.6. The molecule has 0 unspecified atom stereocenters. The molecule has 154 valence electrons. The molecule has 1 amide bonds. The highest BCUT2D eigenvalue weighted by atomic mass is 32.2. The molecule has 28 heavy (non-hydrogen) atoms. The van der Waals surface area contributed by atoms with Crippen molar-refractivity contribution in [2.45, 2.75) is 49.6 Å². The van der Waals surface area contributed by atoms with Gasteiger partial charge in [0.15, 0.2) is 6.10 Å². The first-order valence-corrected chi connectivity index (χ1v) is 10.6. The maximum Gasteiger partial charge on any atom is 0.331 e. The van der Waals surface area contributed by atoms with E-state index >= 15 is 0 Å². The summed E-state index contributed by atoms with van der Waals surface area (Å²) in [5.41, 5.74) is 0.467. The van der Waals surface area contributed by atoms with Gasteiger partial charge in [-0.15, -0.1) is 0 Å². The van der Waals surface area contributed by atoms with Crippen LogP contribution in [0, 0.1) is 0 Å². The van der Waals surface area contributed by atoms with E-state index in [1.807, 2.05) is 0 Å². The molecule has 1 aliphatic rings. The largest absolute Gasteiger partial charge is 0.495 e. The van der Waals surface area contributed by atoms with Gasteiger partial charge in [-0.25, -0.2) is 17.9 Å². The molecule has 2 N–H and O–H groups in total. The van der Waals surface area contributed by atoms with Gasteiger partial charge in [-0.2, -0.15) is 0 Å². The highest BCUT2D eigenvalue weighted by Gasteiger charge is 2.22. The van der Waals surface area contributed by atoms with Crippen molar-refractivity contribution >= 4 is 28.0 Å². The van der Waals surface area contributed by atoms with Crippen molar-refractivity contribution in [3.8, 4) is 5.75 Å². The van der Waals surface area contributed by atoms with Crippen molar-refractivity contribution in [3.63, 3.8) is 0 Å². The van der Waals surface area contributed by atoms with E-state index in [1.165, 1.54) is 39.3 Å². The molecular weight excluding hydrogens is 384 g/mol. The number of rotatable bonds is 8. The lowest BCUT2D eigenvalue weighted by molar-refractivity contribution is -0.150. The van der Waals surface area contributed by atoms with Gasteiger partial charge in [-0.3, -0.25) is 4.79 Å². The van der Waals surface area contributed by atoms with Crippen molar-refractivity contribution in [3.05, 3.63) is 29.8 Å². The first kappa shape index (κ1) is 21.9. The first-order chi connectivity index (χ1) is 13.3. The minimum Gasteiger partial charge on any atom is -0.495 e. The number of hydrogen-bond acceptors (Lipinski definition) is 6. The molecule has 1 aromatic carbocycles. The van der Waals surface area contributed by atoms with Gasteiger partial charge in [0, 0.05) is 12.1 Å². The molecule has 1 aliphatic carbocycles. The SMILES string of the molecule is CNS(=O)(=O)c1cc(/C=C/C(=O)O[C@@H](C)C(=O)NC2CCCC2)ccc1OC. The molecule has 0 bridgehead atoms. The highest BCUT2D eigenvalue weighted by molar-refractivity contribution is 7.89. The van der Waals surface area contributed by atoms with Gasteiger partial charge in [-0.1, -0.05) is 18.9 Å². The second kappa shape index (κ2) is 9.70. The first-order valence-electron chi connectivity index (χ1n) is 9.07. The molecule has 0 heterocycles. The van der Waals surface area contributed by atoms with Gasteiger partial charge in [0.25, 0.3) is 5.91 Å². The van der Waals surface area contributed by atoms with Gasteiger partial charge in [-0.05, 0) is 50.6 Å². The summed E-state index contributed by atoms with van der Waals surface area (Å²) >= 11 is 0. The van der Waals surface area contributed by atoms with Crippen molar-refractivity contribution in [2.75, 3.05) is 14.2 Å². The minimum atomic E-state index is -3.72. The van der Waals surface area contributed by atoms with E-state index in [-0.39, 0.29) is 22.6 Å². The molecule has 1 fully saturated rings. The third-order valence-corrected chi connectivity index (χ3v) is 5.96. The summed E-state index contributed by atoms with van der Waals surface area (Å²) in [6.45, 7) is 1.51. The second-order valence-corrected chi connectivity index (χ2v) is 8.38. The number of hydrogen-bond donors (Lipinski definition) is 2. The lowest BCUT2D eigenvalue weighted by Gasteiger charge is -2.16. The summed E-state index contributed by atoms with van der Waals surface area (Å²) in [5.74, 6) is -0.824. The van der Waals surface area contributed by atoms with E-state index < -0.39 is 22.1 Å². The summed E-state index contributed by atoms with van der Waals surface area (Å²) in [4.78, 5) is 24.0. The molecule has 0 spiro atoms. The lowest BCUT2D eigenvalue weighted by Crippen LogP contribution is -2.40. The molecule has 2 rings (SSSR count). The Kier molecular flexibility index (Phi) is 7.59. The summed E-state index contributed by atoms with van der Waals surface area (Å²) in [7, 11) is -1.05. The Bertz CT molecular complexity index is 844. The zero-order valence-electron chi connectivity index (χ0n) is 16.2. The van der Waals surface area contributed by atoms with Crippen LogP contribution in [0.4, 0.5) is 0 Å². The molecule has 0 radical (unpaired) electrons. The second-order valence-electron chi connectivity index (χ2n) is 6.52. The fraction of sp³-hybridized carbons (Fsp3) is 0.474. The van der Waals surface area contributed by atoms with Gasteiger partial charge in [0.05, 0.1) is 7.11 Å². The summed E-state index contributed by atoms with van der Waals surface area (Å²) in [5, 5.41) is 2.87. The number of carbonyl (C=O) groups excluding carboxylic acids is 2. The van der Waals surface area contributed by atoms with Crippen LogP contribution in [-0.2, 0) is 24.3 Å². The minimum absolute atomic E-state index is 0.0441. The lowest BCUT2D eigenvalue weighted by atomic mass is 10.2. The van der Waals surface area contributed by atoms with Crippen LogP contribution in [0.25, 0.3) is 6.08 Å². The van der Waals surface area contributed by atoms with E-state index in [2.05, 4.69) is 10.0 Å². The predicted molar refractivity (Wildman–Crippen MR) is 104 cm³/mol. The van der Waals surface area contributed by atoms with Gasteiger partial charge < -0.3 is 14.8 Å². The molecule has 0 aromatic heterocycles. The standard InChI is InChI=1S/C19H26N2O6S/c1-13(19(23)21-15-6-4-5-7-15)27-18(22)11-9-14-8-10-16(26-3)17(12-14)28(24,25)20-2/h8-13,15,20H,4-7H2,1-3H3,(H,21,23)/b11-9+/t13-/m0/s1. The predicted octanol–water partition coefficient (Wildman–Crippen LogP) is 1.61. The van der Waals surface area contributed by atoms with Crippen LogP contribution < -0.4 is 14.8 Å². The third-order valence-electron chi connectivity index (χ3n) is 4.52. The topological polar surface area (TPSA) is 111 Å². The number of nitrogens with one attached hydrogen (secondary N) is 2. The molecule has 8 nitrogen and oxygen atoms in total. The van der Waals surface area contributed by atoms with Crippen molar-refractivity contribution < 1.29 is 27.5 Å². The maximum absolute atomic E-state index is 12.1. The Morgan fingerprint density at radius 2 is 1.93 bits per heavy atom. The van der Waals surface area contributed by atoms with E-state index in [0.717, 1.165) is 31.8 Å². The smallest absolute Gasteiger partial charge is 0.331 e. The van der Waals surface area contributed by atoms with Crippen molar-refractivity contribution in [1.82, 2.24) is 10.0 Å². The molecular formula is C19H26N2O6S. The van der Waals surface area contributed by atoms with Crippen LogP contribution in [0.1, 0.15) is 38.2 Å². The molecule has 1 aromatic rings. The maximum atomic E-state index is 12.1. The van der Waals surface area contributed by atoms with Gasteiger partial charge >= 0.3 is 5.97 Å². The van der Waals surface area contributed by atoms with Crippen LogP contribution in [0.15, 0.2) is 29.2 Å². The number of carbonyl (C=O) groups is 2. The van der Waals surface area contributed by atoms with Crippen LogP contribution >= 0.6 is 0 Å². The number of amides is 1. The van der Waals surface area contributed by atoms with Crippen LogP contribution in [0.2, 0.25) is 0 Å². The van der Waals surface area contributed by atoms with Gasteiger partial charge in [0.1, 0.15) is 10.6 Å². The zero-order valence-corrected chi connectivity index (χ0v) is 17.0. The van der Waals surface area contributed by atoms with E-state index in [0.29, 0.717) is 5.56 Å². The number of benzene rings is 1. The molecule has 9 heteroatoms. The van der Waals surface area contributed by atoms with E-state index in [1.54, 1.807) is 6.07 Å². The van der Waals surface area contributed by atoms with E-state index in [4.69, 9.17) is 9.47 Å². The molecule has 0 aliphatic heterocycles. The Morgan fingerprint density at radius 3 is 2.54 bits per heavy atom. The fourth-order valence-electron chi connectivity index (χ4n) is 2.94. The highest BCUT2D eigenvalue weighted by Crippen LogP contribution is 2.25. The average Bonchev–Trinajstić information content (AvgIpc) is 3.19.